The van der Waals surface area contributed by atoms with Gasteiger partial charge in [-0.25, -0.2) is 0 Å². The molecule has 0 amide bonds. The van der Waals surface area contributed by atoms with Crippen molar-refractivity contribution in [2.24, 2.45) is 5.73 Å². The molecule has 2 heteroatoms. The standard InChI is InChI=1S/C16H26N2/c1-13-11-15(18-9-4-3-5-10-18)12-14(2)16(13)7-6-8-17/h11-12H,3-10,17H2,1-2H3. The van der Waals surface area contributed by atoms with E-state index in [4.69, 9.17) is 5.73 Å². The van der Waals surface area contributed by atoms with E-state index in [1.807, 2.05) is 0 Å². The Morgan fingerprint density at radius 2 is 1.67 bits per heavy atom. The lowest BCUT2D eigenvalue weighted by atomic mass is 9.97. The Balaban J connectivity index is 2.18. The van der Waals surface area contributed by atoms with Gasteiger partial charge in [-0.05, 0) is 81.3 Å². The molecule has 2 rings (SSSR count). The average Bonchev–Trinajstić information content (AvgIpc) is 2.39. The highest BCUT2D eigenvalue weighted by Crippen LogP contribution is 2.26. The molecule has 18 heavy (non-hydrogen) atoms. The zero-order chi connectivity index (χ0) is 13.0. The summed E-state index contributed by atoms with van der Waals surface area (Å²) >= 11 is 0. The fraction of sp³-hybridized carbons (Fsp3) is 0.625. The van der Waals surface area contributed by atoms with Crippen LogP contribution in [0.4, 0.5) is 5.69 Å². The van der Waals surface area contributed by atoms with E-state index in [-0.39, 0.29) is 0 Å². The summed E-state index contributed by atoms with van der Waals surface area (Å²) in [5.41, 5.74) is 11.4. The first-order valence-corrected chi connectivity index (χ1v) is 7.27. The van der Waals surface area contributed by atoms with Gasteiger partial charge in [0.15, 0.2) is 0 Å². The molecule has 2 nitrogen and oxygen atoms in total. The number of nitrogens with zero attached hydrogens (tertiary/aromatic N) is 1. The second-order valence-electron chi connectivity index (χ2n) is 5.50. The quantitative estimate of drug-likeness (QED) is 0.884. The molecule has 0 unspecified atom stereocenters. The van der Waals surface area contributed by atoms with Crippen LogP contribution >= 0.6 is 0 Å². The summed E-state index contributed by atoms with van der Waals surface area (Å²) in [6.45, 7) is 7.72. The maximum absolute atomic E-state index is 5.62. The molecule has 1 heterocycles. The molecular formula is C16H26N2. The second kappa shape index (κ2) is 6.24. The Kier molecular flexibility index (Phi) is 4.65. The molecular weight excluding hydrogens is 220 g/mol. The van der Waals surface area contributed by atoms with Gasteiger partial charge in [0.2, 0.25) is 0 Å². The van der Waals surface area contributed by atoms with Crippen molar-refractivity contribution >= 4 is 5.69 Å². The molecule has 0 radical (unpaired) electrons. The molecule has 0 bridgehead atoms. The van der Waals surface area contributed by atoms with Crippen LogP contribution in [0, 0.1) is 13.8 Å². The summed E-state index contributed by atoms with van der Waals surface area (Å²) in [5, 5.41) is 0. The summed E-state index contributed by atoms with van der Waals surface area (Å²) in [5.74, 6) is 0. The Bertz CT molecular complexity index is 369. The number of nitrogens with two attached hydrogens (primary N) is 1. The number of hydrogen-bond donors (Lipinski definition) is 1. The Morgan fingerprint density at radius 1 is 1.06 bits per heavy atom. The average molecular weight is 246 g/mol. The van der Waals surface area contributed by atoms with Crippen LogP contribution in [0.15, 0.2) is 12.1 Å². The third-order valence-corrected chi connectivity index (χ3v) is 4.03. The van der Waals surface area contributed by atoms with Crippen LogP contribution in [-0.2, 0) is 6.42 Å². The molecule has 2 N–H and O–H groups in total. The molecule has 0 spiro atoms. The minimum Gasteiger partial charge on any atom is -0.372 e. The molecule has 1 fully saturated rings. The van der Waals surface area contributed by atoms with E-state index < -0.39 is 0 Å². The SMILES string of the molecule is Cc1cc(N2CCCCC2)cc(C)c1CCCN. The summed E-state index contributed by atoms with van der Waals surface area (Å²) in [6.07, 6.45) is 6.28. The smallest absolute Gasteiger partial charge is 0.0371 e. The highest BCUT2D eigenvalue weighted by atomic mass is 15.1. The molecule has 0 atom stereocenters. The van der Waals surface area contributed by atoms with Crippen LogP contribution in [0.5, 0.6) is 0 Å². The zero-order valence-corrected chi connectivity index (χ0v) is 11.8. The molecule has 1 aliphatic heterocycles. The summed E-state index contributed by atoms with van der Waals surface area (Å²) in [6, 6.07) is 4.73. The number of anilines is 1. The van der Waals surface area contributed by atoms with E-state index in [0.29, 0.717) is 0 Å². The van der Waals surface area contributed by atoms with E-state index in [0.717, 1.165) is 19.4 Å². The first-order valence-electron chi connectivity index (χ1n) is 7.27. The van der Waals surface area contributed by atoms with Gasteiger partial charge in [0.25, 0.3) is 0 Å². The molecule has 1 aliphatic rings. The largest absolute Gasteiger partial charge is 0.372 e. The van der Waals surface area contributed by atoms with Crippen LogP contribution in [0.25, 0.3) is 0 Å². The van der Waals surface area contributed by atoms with Crippen molar-refractivity contribution in [1.29, 1.82) is 0 Å². The fourth-order valence-electron chi connectivity index (χ4n) is 2.98. The van der Waals surface area contributed by atoms with Gasteiger partial charge >= 0.3 is 0 Å². The van der Waals surface area contributed by atoms with Gasteiger partial charge in [-0.3, -0.25) is 0 Å². The molecule has 1 saturated heterocycles. The predicted molar refractivity (Wildman–Crippen MR) is 79.4 cm³/mol. The minimum absolute atomic E-state index is 0.784. The summed E-state index contributed by atoms with van der Waals surface area (Å²) < 4.78 is 0. The lowest BCUT2D eigenvalue weighted by molar-refractivity contribution is 0.577. The van der Waals surface area contributed by atoms with Crippen molar-refractivity contribution < 1.29 is 0 Å². The third kappa shape index (κ3) is 3.05. The zero-order valence-electron chi connectivity index (χ0n) is 11.8. The van der Waals surface area contributed by atoms with Gasteiger partial charge in [-0.15, -0.1) is 0 Å². The Morgan fingerprint density at radius 3 is 2.22 bits per heavy atom. The summed E-state index contributed by atoms with van der Waals surface area (Å²) in [7, 11) is 0. The third-order valence-electron chi connectivity index (χ3n) is 4.03. The maximum atomic E-state index is 5.62. The number of aryl methyl sites for hydroxylation is 2. The number of benzene rings is 1. The monoisotopic (exact) mass is 246 g/mol. The van der Waals surface area contributed by atoms with Crippen LogP contribution in [-0.4, -0.2) is 19.6 Å². The van der Waals surface area contributed by atoms with E-state index in [1.165, 1.54) is 54.7 Å². The van der Waals surface area contributed by atoms with Crippen molar-refractivity contribution in [3.8, 4) is 0 Å². The van der Waals surface area contributed by atoms with Gasteiger partial charge in [0.05, 0.1) is 0 Å². The highest BCUT2D eigenvalue weighted by Gasteiger charge is 2.13. The van der Waals surface area contributed by atoms with Gasteiger partial charge in [0.1, 0.15) is 0 Å². The van der Waals surface area contributed by atoms with Crippen molar-refractivity contribution in [3.05, 3.63) is 28.8 Å². The minimum atomic E-state index is 0.784. The van der Waals surface area contributed by atoms with E-state index in [1.54, 1.807) is 0 Å². The van der Waals surface area contributed by atoms with Gasteiger partial charge in [0, 0.05) is 18.8 Å². The van der Waals surface area contributed by atoms with Crippen molar-refractivity contribution in [2.75, 3.05) is 24.5 Å². The molecule has 100 valence electrons. The van der Waals surface area contributed by atoms with E-state index >= 15 is 0 Å². The topological polar surface area (TPSA) is 29.3 Å². The first-order chi connectivity index (χ1) is 8.72. The van der Waals surface area contributed by atoms with Crippen molar-refractivity contribution in [1.82, 2.24) is 0 Å². The van der Waals surface area contributed by atoms with Crippen LogP contribution < -0.4 is 10.6 Å². The van der Waals surface area contributed by atoms with E-state index in [2.05, 4.69) is 30.9 Å². The van der Waals surface area contributed by atoms with Crippen LogP contribution in [0.2, 0.25) is 0 Å². The van der Waals surface area contributed by atoms with Gasteiger partial charge < -0.3 is 10.6 Å². The van der Waals surface area contributed by atoms with Gasteiger partial charge in [-0.1, -0.05) is 0 Å². The van der Waals surface area contributed by atoms with E-state index in [9.17, 15) is 0 Å². The van der Waals surface area contributed by atoms with Crippen molar-refractivity contribution in [3.63, 3.8) is 0 Å². The van der Waals surface area contributed by atoms with Gasteiger partial charge in [-0.2, -0.15) is 0 Å². The highest BCUT2D eigenvalue weighted by molar-refractivity contribution is 5.54. The van der Waals surface area contributed by atoms with Crippen LogP contribution in [0.3, 0.4) is 0 Å². The predicted octanol–water partition coefficient (Wildman–Crippen LogP) is 3.19. The number of rotatable bonds is 4. The molecule has 1 aromatic rings. The molecule has 0 saturated carbocycles. The normalized spacial score (nSPS) is 16.1. The fourth-order valence-corrected chi connectivity index (χ4v) is 2.98. The number of piperidine rings is 1. The van der Waals surface area contributed by atoms with Crippen molar-refractivity contribution in [2.45, 2.75) is 46.0 Å². The Hall–Kier alpha value is -1.02. The molecule has 0 aliphatic carbocycles. The molecule has 1 aromatic carbocycles. The lowest BCUT2D eigenvalue weighted by Crippen LogP contribution is -2.29. The lowest BCUT2D eigenvalue weighted by Gasteiger charge is -2.30. The van der Waals surface area contributed by atoms with Crippen LogP contribution in [0.1, 0.15) is 42.4 Å². The maximum Gasteiger partial charge on any atom is 0.0371 e. The molecule has 0 aromatic heterocycles. The number of hydrogen-bond acceptors (Lipinski definition) is 2. The summed E-state index contributed by atoms with van der Waals surface area (Å²) in [4.78, 5) is 2.54. The Labute approximate surface area is 111 Å². The first kappa shape index (κ1) is 13.4. The second-order valence-corrected chi connectivity index (χ2v) is 5.50.